The van der Waals surface area contributed by atoms with Gasteiger partial charge >= 0.3 is 6.03 Å². The predicted molar refractivity (Wildman–Crippen MR) is 177 cm³/mol. The average Bonchev–Trinajstić information content (AvgIpc) is 3.64. The monoisotopic (exact) mass is 590 g/mol. The van der Waals surface area contributed by atoms with Crippen molar-refractivity contribution in [1.29, 1.82) is 0 Å². The van der Waals surface area contributed by atoms with Gasteiger partial charge in [0.2, 0.25) is 0 Å². The highest BCUT2D eigenvalue weighted by atomic mass is 16.2. The number of piperidine rings is 1. The molecule has 3 heterocycles. The van der Waals surface area contributed by atoms with Gasteiger partial charge in [-0.1, -0.05) is 68.8 Å². The van der Waals surface area contributed by atoms with Crippen LogP contribution >= 0.6 is 0 Å². The lowest BCUT2D eigenvalue weighted by atomic mass is 9.76. The number of aryl methyl sites for hydroxylation is 1. The number of benzene rings is 3. The van der Waals surface area contributed by atoms with Crippen LogP contribution < -0.4 is 21.3 Å². The van der Waals surface area contributed by atoms with Gasteiger partial charge in [0, 0.05) is 35.2 Å². The van der Waals surface area contributed by atoms with Crippen molar-refractivity contribution in [3.8, 4) is 5.69 Å². The molecule has 4 N–H and O–H groups in total. The zero-order valence-electron chi connectivity index (χ0n) is 26.0. The number of fused-ring (bicyclic) bond motifs is 1. The number of urea groups is 1. The van der Waals surface area contributed by atoms with E-state index in [-0.39, 0.29) is 35.1 Å². The van der Waals surface area contributed by atoms with Crippen molar-refractivity contribution in [2.45, 2.75) is 64.3 Å². The third-order valence-electron chi connectivity index (χ3n) is 8.80. The molecule has 2 aliphatic heterocycles. The molecule has 8 nitrogen and oxygen atoms in total. The first-order valence-electron chi connectivity index (χ1n) is 15.6. The molecule has 0 radical (unpaired) electrons. The van der Waals surface area contributed by atoms with Gasteiger partial charge in [0.25, 0.3) is 0 Å². The SMILES string of the molecule is Cc1ccc(-n2nc(C(C)(C)C)cc2NC(=O)Nc2ccc(C(C(=O)C3Cc4ccccc4N3)C3CCNCC3)cc2)cc1. The number of para-hydroxylation sites is 1. The van der Waals surface area contributed by atoms with Gasteiger partial charge in [-0.15, -0.1) is 0 Å². The number of carbonyl (C=O) groups is 2. The van der Waals surface area contributed by atoms with E-state index >= 15 is 0 Å². The molecular weight excluding hydrogens is 548 g/mol. The Kier molecular flexibility index (Phi) is 8.27. The summed E-state index contributed by atoms with van der Waals surface area (Å²) in [6.45, 7) is 10.2. The molecule has 0 bridgehead atoms. The standard InChI is InChI=1S/C36H42N6O2/c1-23-9-15-28(16-10-23)42-32(22-31(41-42)36(2,3)4)40-35(44)38-27-13-11-24(12-14-27)33(25-17-19-37-20-18-25)34(43)30-21-26-7-5-6-8-29(26)39-30/h5-16,22,25,30,33,37,39H,17-21H2,1-4H3,(H2,38,40,44). The van der Waals surface area contributed by atoms with Crippen LogP contribution in [0.5, 0.6) is 0 Å². The fourth-order valence-electron chi connectivity index (χ4n) is 6.30. The number of ketones is 1. The van der Waals surface area contributed by atoms with Gasteiger partial charge in [-0.25, -0.2) is 9.48 Å². The van der Waals surface area contributed by atoms with Gasteiger partial charge in [-0.2, -0.15) is 5.10 Å². The Morgan fingerprint density at radius 3 is 2.32 bits per heavy atom. The molecular formula is C36H42N6O2. The van der Waals surface area contributed by atoms with E-state index in [1.165, 1.54) is 5.56 Å². The van der Waals surface area contributed by atoms with E-state index in [9.17, 15) is 9.59 Å². The lowest BCUT2D eigenvalue weighted by Crippen LogP contribution is -2.39. The first-order chi connectivity index (χ1) is 21.2. The molecule has 1 fully saturated rings. The Morgan fingerprint density at radius 1 is 0.932 bits per heavy atom. The van der Waals surface area contributed by atoms with E-state index in [0.717, 1.165) is 54.1 Å². The first-order valence-corrected chi connectivity index (χ1v) is 15.6. The third kappa shape index (κ3) is 6.40. The Balaban J connectivity index is 1.19. The fourth-order valence-corrected chi connectivity index (χ4v) is 6.30. The number of nitrogens with one attached hydrogen (secondary N) is 4. The summed E-state index contributed by atoms with van der Waals surface area (Å²) < 4.78 is 1.77. The number of hydrogen-bond acceptors (Lipinski definition) is 5. The number of nitrogens with zero attached hydrogens (tertiary/aromatic N) is 2. The van der Waals surface area contributed by atoms with Crippen LogP contribution in [0.3, 0.4) is 0 Å². The molecule has 44 heavy (non-hydrogen) atoms. The van der Waals surface area contributed by atoms with Gasteiger partial charge in [-0.3, -0.25) is 10.1 Å². The molecule has 6 rings (SSSR count). The predicted octanol–water partition coefficient (Wildman–Crippen LogP) is 6.81. The Bertz CT molecular complexity index is 1600. The maximum atomic E-state index is 14.0. The molecule has 2 atom stereocenters. The van der Waals surface area contributed by atoms with Crippen LogP contribution in [0.1, 0.15) is 61.9 Å². The molecule has 0 aliphatic carbocycles. The minimum absolute atomic E-state index is 0.183. The zero-order chi connectivity index (χ0) is 30.8. The molecule has 8 heteroatoms. The van der Waals surface area contributed by atoms with Gasteiger partial charge in [0.05, 0.1) is 17.4 Å². The van der Waals surface area contributed by atoms with Gasteiger partial charge in [0.15, 0.2) is 5.78 Å². The van der Waals surface area contributed by atoms with Crippen molar-refractivity contribution in [3.05, 3.63) is 101 Å². The molecule has 0 spiro atoms. The number of amides is 2. The molecule has 0 saturated carbocycles. The summed E-state index contributed by atoms with van der Waals surface area (Å²) in [6, 6.07) is 25.3. The zero-order valence-corrected chi connectivity index (χ0v) is 26.0. The summed E-state index contributed by atoms with van der Waals surface area (Å²) in [5.74, 6) is 0.905. The smallest absolute Gasteiger partial charge is 0.324 e. The largest absolute Gasteiger partial charge is 0.375 e. The normalized spacial score (nSPS) is 17.4. The number of rotatable bonds is 7. The number of aromatic nitrogens is 2. The minimum atomic E-state index is -0.356. The lowest BCUT2D eigenvalue weighted by molar-refractivity contribution is -0.122. The summed E-state index contributed by atoms with van der Waals surface area (Å²) in [5, 5.41) is 17.7. The van der Waals surface area contributed by atoms with Crippen molar-refractivity contribution in [3.63, 3.8) is 0 Å². The summed E-state index contributed by atoms with van der Waals surface area (Å²) in [6.07, 6.45) is 2.64. The maximum absolute atomic E-state index is 14.0. The van der Waals surface area contributed by atoms with Crippen LogP contribution in [0.15, 0.2) is 78.9 Å². The quantitative estimate of drug-likeness (QED) is 0.190. The second-order valence-electron chi connectivity index (χ2n) is 13.1. The highest BCUT2D eigenvalue weighted by Gasteiger charge is 2.37. The number of carbonyl (C=O) groups excluding carboxylic acids is 2. The topological polar surface area (TPSA) is 100 Å². The van der Waals surface area contributed by atoms with Crippen molar-refractivity contribution in [1.82, 2.24) is 15.1 Å². The highest BCUT2D eigenvalue weighted by molar-refractivity contribution is 5.99. The molecule has 2 amide bonds. The maximum Gasteiger partial charge on any atom is 0.324 e. The van der Waals surface area contributed by atoms with Crippen molar-refractivity contribution in [2.75, 3.05) is 29.0 Å². The van der Waals surface area contributed by atoms with E-state index in [1.54, 1.807) is 4.68 Å². The van der Waals surface area contributed by atoms with E-state index < -0.39 is 0 Å². The van der Waals surface area contributed by atoms with E-state index in [0.29, 0.717) is 17.9 Å². The number of anilines is 3. The molecule has 2 unspecified atom stereocenters. The number of hydrogen-bond donors (Lipinski definition) is 4. The van der Waals surface area contributed by atoms with E-state index in [1.807, 2.05) is 79.7 Å². The van der Waals surface area contributed by atoms with Crippen molar-refractivity contribution >= 4 is 29.0 Å². The van der Waals surface area contributed by atoms with Crippen LogP contribution in [0.2, 0.25) is 0 Å². The summed E-state index contributed by atoms with van der Waals surface area (Å²) in [4.78, 5) is 27.3. The van der Waals surface area contributed by atoms with Crippen LogP contribution in [-0.4, -0.2) is 40.7 Å². The summed E-state index contributed by atoms with van der Waals surface area (Å²) >= 11 is 0. The summed E-state index contributed by atoms with van der Waals surface area (Å²) in [7, 11) is 0. The molecule has 4 aromatic rings. The second-order valence-corrected chi connectivity index (χ2v) is 13.1. The molecule has 228 valence electrons. The van der Waals surface area contributed by atoms with E-state index in [4.69, 9.17) is 5.10 Å². The van der Waals surface area contributed by atoms with Crippen LogP contribution in [-0.2, 0) is 16.6 Å². The van der Waals surface area contributed by atoms with Crippen LogP contribution in [0, 0.1) is 12.8 Å². The minimum Gasteiger partial charge on any atom is -0.375 e. The van der Waals surface area contributed by atoms with Crippen molar-refractivity contribution in [2.24, 2.45) is 5.92 Å². The third-order valence-corrected chi connectivity index (χ3v) is 8.80. The number of Topliss-reactive ketones (excluding diaryl/α,β-unsaturated/α-hetero) is 1. The molecule has 1 aromatic heterocycles. The van der Waals surface area contributed by atoms with E-state index in [2.05, 4.69) is 48.1 Å². The van der Waals surface area contributed by atoms with Gasteiger partial charge < -0.3 is 16.0 Å². The molecule has 2 aliphatic rings. The second kappa shape index (κ2) is 12.3. The van der Waals surface area contributed by atoms with Crippen LogP contribution in [0.25, 0.3) is 5.69 Å². The van der Waals surface area contributed by atoms with Crippen molar-refractivity contribution < 1.29 is 9.59 Å². The van der Waals surface area contributed by atoms with Gasteiger partial charge in [-0.05, 0) is 80.2 Å². The summed E-state index contributed by atoms with van der Waals surface area (Å²) in [5.41, 5.74) is 6.63. The highest BCUT2D eigenvalue weighted by Crippen LogP contribution is 2.37. The first kappa shape index (κ1) is 29.6. The lowest BCUT2D eigenvalue weighted by Gasteiger charge is -2.32. The average molecular weight is 591 g/mol. The molecule has 1 saturated heterocycles. The Hall–Kier alpha value is -4.43. The van der Waals surface area contributed by atoms with Gasteiger partial charge in [0.1, 0.15) is 5.82 Å². The fraction of sp³-hybridized carbons (Fsp3) is 0.361. The molecule has 3 aromatic carbocycles. The Labute approximate surface area is 259 Å². The van der Waals surface area contributed by atoms with Crippen LogP contribution in [0.4, 0.5) is 22.0 Å². The Morgan fingerprint density at radius 2 is 1.64 bits per heavy atom.